The standard InChI is InChI=1S/C18H24N4O3/c1-12-9-13-10-14(3-4-16(13)20-12)21-17(23)18(24)22-7-6-19-11-15(22)5-8-25-2/h3-4,9-10,15,19-20H,5-8,11H2,1-2H3,(H,21,23). The van der Waals surface area contributed by atoms with Gasteiger partial charge in [-0.1, -0.05) is 0 Å². The molecule has 1 aromatic carbocycles. The van der Waals surface area contributed by atoms with Crippen molar-refractivity contribution in [2.24, 2.45) is 0 Å². The molecule has 1 aliphatic rings. The molecule has 134 valence electrons. The molecule has 7 nitrogen and oxygen atoms in total. The van der Waals surface area contributed by atoms with E-state index in [0.717, 1.165) is 16.6 Å². The Morgan fingerprint density at radius 1 is 1.36 bits per heavy atom. The Labute approximate surface area is 146 Å². The van der Waals surface area contributed by atoms with Gasteiger partial charge in [-0.05, 0) is 37.6 Å². The van der Waals surface area contributed by atoms with Crippen LogP contribution in [0.5, 0.6) is 0 Å². The topological polar surface area (TPSA) is 86.5 Å². The number of nitrogens with one attached hydrogen (secondary N) is 3. The van der Waals surface area contributed by atoms with Crippen LogP contribution in [0.3, 0.4) is 0 Å². The summed E-state index contributed by atoms with van der Waals surface area (Å²) in [6.07, 6.45) is 0.705. The average Bonchev–Trinajstić information content (AvgIpc) is 2.98. The molecule has 3 rings (SSSR count). The van der Waals surface area contributed by atoms with Crippen LogP contribution in [0.25, 0.3) is 10.9 Å². The lowest BCUT2D eigenvalue weighted by molar-refractivity contribution is -0.145. The summed E-state index contributed by atoms with van der Waals surface area (Å²) in [5.74, 6) is -1.09. The molecule has 0 radical (unpaired) electrons. The zero-order valence-electron chi connectivity index (χ0n) is 14.6. The second-order valence-electron chi connectivity index (χ2n) is 6.35. The van der Waals surface area contributed by atoms with Crippen molar-refractivity contribution in [3.8, 4) is 0 Å². The van der Waals surface area contributed by atoms with E-state index in [1.165, 1.54) is 0 Å². The number of hydrogen-bond donors (Lipinski definition) is 3. The van der Waals surface area contributed by atoms with E-state index >= 15 is 0 Å². The molecule has 0 aliphatic carbocycles. The van der Waals surface area contributed by atoms with E-state index in [-0.39, 0.29) is 6.04 Å². The van der Waals surface area contributed by atoms with E-state index in [2.05, 4.69) is 15.6 Å². The Balaban J connectivity index is 1.68. The third kappa shape index (κ3) is 4.00. The van der Waals surface area contributed by atoms with E-state index in [0.29, 0.717) is 38.3 Å². The summed E-state index contributed by atoms with van der Waals surface area (Å²) in [5.41, 5.74) is 2.67. The van der Waals surface area contributed by atoms with Gasteiger partial charge in [0.1, 0.15) is 0 Å². The first-order valence-electron chi connectivity index (χ1n) is 8.49. The molecular formula is C18H24N4O3. The van der Waals surface area contributed by atoms with Crippen LogP contribution >= 0.6 is 0 Å². The lowest BCUT2D eigenvalue weighted by Crippen LogP contribution is -2.56. The Kier molecular flexibility index (Phi) is 5.35. The quantitative estimate of drug-likeness (QED) is 0.729. The number of fused-ring (bicyclic) bond motifs is 1. The van der Waals surface area contributed by atoms with Crippen LogP contribution in [-0.2, 0) is 14.3 Å². The summed E-state index contributed by atoms with van der Waals surface area (Å²) < 4.78 is 5.10. The highest BCUT2D eigenvalue weighted by atomic mass is 16.5. The van der Waals surface area contributed by atoms with Gasteiger partial charge in [0.25, 0.3) is 0 Å². The molecule has 0 bridgehead atoms. The van der Waals surface area contributed by atoms with Gasteiger partial charge in [0.2, 0.25) is 0 Å². The number of carbonyl (C=O) groups is 2. The Bertz CT molecular complexity index is 771. The fourth-order valence-electron chi connectivity index (χ4n) is 3.21. The summed E-state index contributed by atoms with van der Waals surface area (Å²) in [5, 5.41) is 6.98. The number of anilines is 1. The summed E-state index contributed by atoms with van der Waals surface area (Å²) in [6, 6.07) is 7.54. The summed E-state index contributed by atoms with van der Waals surface area (Å²) in [6.45, 7) is 4.43. The number of methoxy groups -OCH3 is 1. The molecular weight excluding hydrogens is 320 g/mol. The van der Waals surface area contributed by atoms with Crippen molar-refractivity contribution in [1.29, 1.82) is 0 Å². The molecule has 2 amide bonds. The SMILES string of the molecule is COCCC1CNCCN1C(=O)C(=O)Nc1ccc2[nH]c(C)cc2c1. The van der Waals surface area contributed by atoms with E-state index in [1.807, 2.05) is 25.1 Å². The van der Waals surface area contributed by atoms with Gasteiger partial charge in [-0.25, -0.2) is 0 Å². The second-order valence-corrected chi connectivity index (χ2v) is 6.35. The minimum Gasteiger partial charge on any atom is -0.385 e. The number of aromatic nitrogens is 1. The minimum absolute atomic E-state index is 0.0262. The molecule has 2 heterocycles. The largest absolute Gasteiger partial charge is 0.385 e. The number of rotatable bonds is 4. The Morgan fingerprint density at radius 2 is 2.20 bits per heavy atom. The molecule has 1 aromatic heterocycles. The highest BCUT2D eigenvalue weighted by molar-refractivity contribution is 6.39. The van der Waals surface area contributed by atoms with Crippen LogP contribution in [-0.4, -0.2) is 61.1 Å². The molecule has 2 aromatic rings. The van der Waals surface area contributed by atoms with Gasteiger partial charge in [-0.15, -0.1) is 0 Å². The fraction of sp³-hybridized carbons (Fsp3) is 0.444. The van der Waals surface area contributed by atoms with Gasteiger partial charge in [-0.2, -0.15) is 0 Å². The first-order valence-corrected chi connectivity index (χ1v) is 8.49. The second kappa shape index (κ2) is 7.67. The van der Waals surface area contributed by atoms with Crippen LogP contribution in [0, 0.1) is 6.92 Å². The third-order valence-electron chi connectivity index (χ3n) is 4.47. The Hall–Kier alpha value is -2.38. The maximum Gasteiger partial charge on any atom is 0.313 e. The highest BCUT2D eigenvalue weighted by Crippen LogP contribution is 2.20. The molecule has 3 N–H and O–H groups in total. The maximum atomic E-state index is 12.6. The highest BCUT2D eigenvalue weighted by Gasteiger charge is 2.30. The number of nitrogens with zero attached hydrogens (tertiary/aromatic N) is 1. The van der Waals surface area contributed by atoms with Gasteiger partial charge in [0, 0.05) is 61.7 Å². The normalized spacial score (nSPS) is 17.7. The zero-order chi connectivity index (χ0) is 17.8. The number of aryl methyl sites for hydroxylation is 1. The number of piperazine rings is 1. The van der Waals surface area contributed by atoms with Gasteiger partial charge in [0.15, 0.2) is 0 Å². The van der Waals surface area contributed by atoms with Crippen LogP contribution < -0.4 is 10.6 Å². The maximum absolute atomic E-state index is 12.6. The number of carbonyl (C=O) groups excluding carboxylic acids is 2. The first-order chi connectivity index (χ1) is 12.1. The van der Waals surface area contributed by atoms with Crippen LogP contribution in [0.15, 0.2) is 24.3 Å². The number of amides is 2. The predicted molar refractivity (Wildman–Crippen MR) is 96.5 cm³/mol. The predicted octanol–water partition coefficient (Wildman–Crippen LogP) is 1.25. The van der Waals surface area contributed by atoms with Crippen LogP contribution in [0.2, 0.25) is 0 Å². The van der Waals surface area contributed by atoms with Crippen molar-refractivity contribution in [3.63, 3.8) is 0 Å². The lowest BCUT2D eigenvalue weighted by atomic mass is 10.1. The Morgan fingerprint density at radius 3 is 3.00 bits per heavy atom. The molecule has 0 saturated carbocycles. The third-order valence-corrected chi connectivity index (χ3v) is 4.47. The van der Waals surface area contributed by atoms with E-state index in [9.17, 15) is 9.59 Å². The molecule has 25 heavy (non-hydrogen) atoms. The van der Waals surface area contributed by atoms with E-state index in [1.54, 1.807) is 18.1 Å². The van der Waals surface area contributed by atoms with Crippen molar-refractivity contribution in [3.05, 3.63) is 30.0 Å². The minimum atomic E-state index is -0.601. The van der Waals surface area contributed by atoms with Crippen molar-refractivity contribution in [2.75, 3.05) is 38.7 Å². The van der Waals surface area contributed by atoms with Gasteiger partial charge in [0.05, 0.1) is 0 Å². The summed E-state index contributed by atoms with van der Waals surface area (Å²) in [4.78, 5) is 29.9. The molecule has 0 spiro atoms. The summed E-state index contributed by atoms with van der Waals surface area (Å²) in [7, 11) is 1.63. The molecule has 1 atom stereocenters. The lowest BCUT2D eigenvalue weighted by Gasteiger charge is -2.35. The molecule has 1 saturated heterocycles. The smallest absolute Gasteiger partial charge is 0.313 e. The number of benzene rings is 1. The van der Waals surface area contributed by atoms with E-state index < -0.39 is 11.8 Å². The monoisotopic (exact) mass is 344 g/mol. The number of aromatic amines is 1. The zero-order valence-corrected chi connectivity index (χ0v) is 14.6. The molecule has 1 fully saturated rings. The molecule has 7 heteroatoms. The molecule has 1 unspecified atom stereocenters. The van der Waals surface area contributed by atoms with Crippen molar-refractivity contribution < 1.29 is 14.3 Å². The van der Waals surface area contributed by atoms with Gasteiger partial charge < -0.3 is 25.3 Å². The summed E-state index contributed by atoms with van der Waals surface area (Å²) >= 11 is 0. The number of H-pyrrole nitrogens is 1. The van der Waals surface area contributed by atoms with Crippen LogP contribution in [0.1, 0.15) is 12.1 Å². The molecule has 1 aliphatic heterocycles. The van der Waals surface area contributed by atoms with Gasteiger partial charge in [-0.3, -0.25) is 9.59 Å². The van der Waals surface area contributed by atoms with Crippen molar-refractivity contribution in [1.82, 2.24) is 15.2 Å². The number of hydrogen-bond acceptors (Lipinski definition) is 4. The fourth-order valence-corrected chi connectivity index (χ4v) is 3.21. The average molecular weight is 344 g/mol. The van der Waals surface area contributed by atoms with Crippen molar-refractivity contribution in [2.45, 2.75) is 19.4 Å². The van der Waals surface area contributed by atoms with Crippen LogP contribution in [0.4, 0.5) is 5.69 Å². The first kappa shape index (κ1) is 17.4. The van der Waals surface area contributed by atoms with E-state index in [4.69, 9.17) is 4.74 Å². The van der Waals surface area contributed by atoms with Crippen molar-refractivity contribution >= 4 is 28.4 Å². The van der Waals surface area contributed by atoms with Gasteiger partial charge >= 0.3 is 11.8 Å². The number of ether oxygens (including phenoxy) is 1.